The molecule has 1 aromatic carbocycles. The van der Waals surface area contributed by atoms with Gasteiger partial charge in [-0.25, -0.2) is 8.42 Å². The molecule has 3 rings (SSSR count). The highest BCUT2D eigenvalue weighted by atomic mass is 32.2. The van der Waals surface area contributed by atoms with Crippen molar-refractivity contribution in [1.29, 1.82) is 0 Å². The molecular weight excluding hydrogens is 408 g/mol. The Balaban J connectivity index is 1.66. The number of sulfonamides is 1. The fraction of sp³-hybridized carbons (Fsp3) is 0.550. The van der Waals surface area contributed by atoms with E-state index in [0.717, 1.165) is 23.6 Å². The first-order valence-corrected chi connectivity index (χ1v) is 11.7. The summed E-state index contributed by atoms with van der Waals surface area (Å²) in [6.07, 6.45) is 2.88. The summed E-state index contributed by atoms with van der Waals surface area (Å²) in [6.45, 7) is 3.27. The van der Waals surface area contributed by atoms with Crippen LogP contribution in [0.5, 0.6) is 0 Å². The Labute approximate surface area is 176 Å². The predicted molar refractivity (Wildman–Crippen MR) is 110 cm³/mol. The molecule has 164 valence electrons. The third kappa shape index (κ3) is 5.17. The van der Waals surface area contributed by atoms with Crippen LogP contribution in [0, 0.1) is 0 Å². The quantitative estimate of drug-likeness (QED) is 0.667. The molecule has 0 radical (unpaired) electrons. The Morgan fingerprint density at radius 2 is 1.93 bits per heavy atom. The smallest absolute Gasteiger partial charge is 0.253 e. The Hall–Kier alpha value is -2.46. The highest BCUT2D eigenvalue weighted by molar-refractivity contribution is 7.89. The van der Waals surface area contributed by atoms with Gasteiger partial charge in [-0.15, -0.1) is 0 Å². The van der Waals surface area contributed by atoms with E-state index < -0.39 is 10.0 Å². The molecule has 1 atom stereocenters. The summed E-state index contributed by atoms with van der Waals surface area (Å²) in [5, 5.41) is 5.57. The van der Waals surface area contributed by atoms with Crippen LogP contribution in [0.4, 0.5) is 0 Å². The molecule has 2 saturated heterocycles. The molecule has 2 N–H and O–H groups in total. The van der Waals surface area contributed by atoms with Gasteiger partial charge in [0.2, 0.25) is 21.8 Å². The van der Waals surface area contributed by atoms with Crippen LogP contribution in [0.3, 0.4) is 0 Å². The summed E-state index contributed by atoms with van der Waals surface area (Å²) >= 11 is 0. The van der Waals surface area contributed by atoms with Gasteiger partial charge in [0.1, 0.15) is 0 Å². The number of benzene rings is 1. The highest BCUT2D eigenvalue weighted by Gasteiger charge is 2.30. The average molecular weight is 437 g/mol. The first-order valence-electron chi connectivity index (χ1n) is 10.3. The molecule has 3 amide bonds. The van der Waals surface area contributed by atoms with Crippen molar-refractivity contribution in [1.82, 2.24) is 19.8 Å². The number of nitrogens with zero attached hydrogens (tertiary/aromatic N) is 2. The molecule has 0 saturated carbocycles. The lowest BCUT2D eigenvalue weighted by molar-refractivity contribution is -0.123. The number of nitrogens with one attached hydrogen (secondary N) is 2. The van der Waals surface area contributed by atoms with Gasteiger partial charge in [0.25, 0.3) is 5.91 Å². The second-order valence-electron chi connectivity index (χ2n) is 7.62. The Bertz CT molecular complexity index is 900. The molecule has 1 unspecified atom stereocenters. The molecule has 2 aliphatic rings. The number of amides is 3. The van der Waals surface area contributed by atoms with E-state index in [2.05, 4.69) is 10.6 Å². The largest absolute Gasteiger partial charge is 0.354 e. The predicted octanol–water partition coefficient (Wildman–Crippen LogP) is 0.328. The first-order chi connectivity index (χ1) is 14.3. The monoisotopic (exact) mass is 436 g/mol. The Kier molecular flexibility index (Phi) is 7.09. The topological polar surface area (TPSA) is 116 Å². The van der Waals surface area contributed by atoms with Crippen LogP contribution in [0.2, 0.25) is 0 Å². The number of piperazine rings is 1. The van der Waals surface area contributed by atoms with E-state index in [0.29, 0.717) is 25.1 Å². The number of hydrogen-bond donors (Lipinski definition) is 2. The minimum absolute atomic E-state index is 0.00208. The fourth-order valence-electron chi connectivity index (χ4n) is 3.73. The number of carbonyl (C=O) groups excluding carboxylic acids is 3. The van der Waals surface area contributed by atoms with Gasteiger partial charge in [-0.1, -0.05) is 6.92 Å². The van der Waals surface area contributed by atoms with Crippen molar-refractivity contribution in [2.45, 2.75) is 43.5 Å². The van der Waals surface area contributed by atoms with Gasteiger partial charge in [-0.05, 0) is 43.5 Å². The maximum absolute atomic E-state index is 12.9. The molecule has 2 aliphatic heterocycles. The van der Waals surface area contributed by atoms with Gasteiger partial charge in [0.05, 0.1) is 11.4 Å². The van der Waals surface area contributed by atoms with Gasteiger partial charge in [-0.2, -0.15) is 4.31 Å². The lowest BCUT2D eigenvalue weighted by Gasteiger charge is -2.33. The summed E-state index contributed by atoms with van der Waals surface area (Å²) in [4.78, 5) is 38.0. The molecule has 0 spiro atoms. The number of piperidine rings is 1. The normalized spacial score (nSPS) is 20.5. The van der Waals surface area contributed by atoms with E-state index in [1.807, 2.05) is 6.92 Å². The molecule has 0 bridgehead atoms. The summed E-state index contributed by atoms with van der Waals surface area (Å²) in [5.41, 5.74) is 0.394. The van der Waals surface area contributed by atoms with E-state index in [4.69, 9.17) is 0 Å². The van der Waals surface area contributed by atoms with Gasteiger partial charge >= 0.3 is 0 Å². The number of rotatable bonds is 6. The van der Waals surface area contributed by atoms with Gasteiger partial charge < -0.3 is 15.5 Å². The zero-order valence-electron chi connectivity index (χ0n) is 17.1. The molecule has 2 heterocycles. The van der Waals surface area contributed by atoms with Crippen LogP contribution < -0.4 is 10.6 Å². The van der Waals surface area contributed by atoms with Crippen LogP contribution in [-0.2, 0) is 19.6 Å². The van der Waals surface area contributed by atoms with Crippen molar-refractivity contribution in [2.24, 2.45) is 0 Å². The maximum atomic E-state index is 12.9. The molecule has 0 aromatic heterocycles. The zero-order valence-corrected chi connectivity index (χ0v) is 17.9. The first kappa shape index (κ1) is 22.2. The SMILES string of the molecule is CCCC(=O)NC1CCCN(C(=O)c2ccc(S(=O)(=O)N3CCNC(=O)C3)cc2)C1. The Morgan fingerprint density at radius 1 is 1.20 bits per heavy atom. The van der Waals surface area contributed by atoms with Gasteiger partial charge in [-0.3, -0.25) is 14.4 Å². The second kappa shape index (κ2) is 9.57. The number of carbonyl (C=O) groups is 3. The number of hydrogen-bond acceptors (Lipinski definition) is 5. The summed E-state index contributed by atoms with van der Waals surface area (Å²) in [7, 11) is -3.79. The van der Waals surface area contributed by atoms with Crippen LogP contribution in [-0.4, -0.2) is 74.1 Å². The maximum Gasteiger partial charge on any atom is 0.253 e. The van der Waals surface area contributed by atoms with Crippen molar-refractivity contribution in [3.63, 3.8) is 0 Å². The highest BCUT2D eigenvalue weighted by Crippen LogP contribution is 2.19. The Morgan fingerprint density at radius 3 is 2.60 bits per heavy atom. The van der Waals surface area contributed by atoms with Crippen molar-refractivity contribution >= 4 is 27.7 Å². The van der Waals surface area contributed by atoms with Crippen molar-refractivity contribution in [2.75, 3.05) is 32.7 Å². The molecule has 0 aliphatic carbocycles. The lowest BCUT2D eigenvalue weighted by atomic mass is 10.0. The van der Waals surface area contributed by atoms with Gasteiger partial charge in [0.15, 0.2) is 0 Å². The van der Waals surface area contributed by atoms with E-state index >= 15 is 0 Å². The van der Waals surface area contributed by atoms with Crippen LogP contribution in [0.25, 0.3) is 0 Å². The van der Waals surface area contributed by atoms with Gasteiger partial charge in [0, 0.05) is 44.2 Å². The van der Waals surface area contributed by atoms with Crippen molar-refractivity contribution in [3.05, 3.63) is 29.8 Å². The zero-order chi connectivity index (χ0) is 21.7. The van der Waals surface area contributed by atoms with E-state index in [9.17, 15) is 22.8 Å². The molecule has 2 fully saturated rings. The minimum Gasteiger partial charge on any atom is -0.354 e. The van der Waals surface area contributed by atoms with E-state index in [1.54, 1.807) is 4.90 Å². The minimum atomic E-state index is -3.79. The molecule has 30 heavy (non-hydrogen) atoms. The fourth-order valence-corrected chi connectivity index (χ4v) is 5.12. The van der Waals surface area contributed by atoms with Crippen molar-refractivity contribution < 1.29 is 22.8 Å². The third-order valence-corrected chi connectivity index (χ3v) is 7.15. The lowest BCUT2D eigenvalue weighted by Crippen LogP contribution is -2.50. The van der Waals surface area contributed by atoms with Crippen LogP contribution in [0.15, 0.2) is 29.2 Å². The van der Waals surface area contributed by atoms with E-state index in [1.165, 1.54) is 24.3 Å². The van der Waals surface area contributed by atoms with Crippen LogP contribution >= 0.6 is 0 Å². The van der Waals surface area contributed by atoms with Crippen LogP contribution in [0.1, 0.15) is 43.0 Å². The van der Waals surface area contributed by atoms with Crippen molar-refractivity contribution in [3.8, 4) is 0 Å². The summed E-state index contributed by atoms with van der Waals surface area (Å²) < 4.78 is 26.6. The third-order valence-electron chi connectivity index (χ3n) is 5.29. The standard InChI is InChI=1S/C20H28N4O5S/c1-2-4-18(25)22-16-5-3-11-23(13-16)20(27)15-6-8-17(9-7-15)30(28,29)24-12-10-21-19(26)14-24/h6-9,16H,2-5,10-14H2,1H3,(H,21,26)(H,22,25). The molecule has 10 heteroatoms. The molecule has 1 aromatic rings. The number of likely N-dealkylation sites (tertiary alicyclic amines) is 1. The second-order valence-corrected chi connectivity index (χ2v) is 9.56. The molecular formula is C20H28N4O5S. The average Bonchev–Trinajstić information content (AvgIpc) is 2.73. The summed E-state index contributed by atoms with van der Waals surface area (Å²) in [5.74, 6) is -0.522. The van der Waals surface area contributed by atoms with E-state index in [-0.39, 0.29) is 48.3 Å². The molecule has 9 nitrogen and oxygen atoms in total. The summed E-state index contributed by atoms with van der Waals surface area (Å²) in [6, 6.07) is 5.74.